The van der Waals surface area contributed by atoms with Gasteiger partial charge in [0.25, 0.3) is 0 Å². The van der Waals surface area contributed by atoms with Crippen LogP contribution in [0.25, 0.3) is 0 Å². The van der Waals surface area contributed by atoms with Gasteiger partial charge in [0.15, 0.2) is 0 Å². The largest absolute Gasteiger partial charge is 0.489 e. The molecule has 0 spiro atoms. The van der Waals surface area contributed by atoms with E-state index in [2.05, 4.69) is 15.4 Å². The molecule has 0 fully saturated rings. The van der Waals surface area contributed by atoms with Crippen molar-refractivity contribution < 1.29 is 14.3 Å². The molecule has 0 amide bonds. The molecule has 1 aromatic heterocycles. The minimum absolute atomic E-state index is 0.237. The summed E-state index contributed by atoms with van der Waals surface area (Å²) in [5, 5.41) is 9.22. The Balaban J connectivity index is 1.64. The molecule has 7 nitrogen and oxygen atoms in total. The van der Waals surface area contributed by atoms with E-state index in [0.717, 1.165) is 16.9 Å². The van der Waals surface area contributed by atoms with E-state index in [-0.39, 0.29) is 12.1 Å². The van der Waals surface area contributed by atoms with Crippen LogP contribution in [0.15, 0.2) is 65.0 Å². The highest BCUT2D eigenvalue weighted by Gasteiger charge is 2.35. The predicted molar refractivity (Wildman–Crippen MR) is 134 cm³/mol. The van der Waals surface area contributed by atoms with Crippen LogP contribution >= 0.6 is 23.4 Å². The standard InChI is InChI=1S/C25H27ClN4O3S/c1-5-34-25-28-24-27-16(4)21(23(31)33-15(2)3)22(30(24)29-25)18-9-11-20(12-10-18)32-14-17-7-6-8-19(26)13-17/h6-13,15,22H,5,14H2,1-4H3,(H,27,28,29). The fraction of sp³-hybridized carbons (Fsp3) is 0.320. The van der Waals surface area contributed by atoms with Crippen LogP contribution in [0, 0.1) is 0 Å². The fourth-order valence-electron chi connectivity index (χ4n) is 3.71. The minimum Gasteiger partial charge on any atom is -0.489 e. The molecule has 3 aromatic rings. The van der Waals surface area contributed by atoms with Crippen molar-refractivity contribution in [2.24, 2.45) is 0 Å². The van der Waals surface area contributed by atoms with Crippen molar-refractivity contribution in [3.8, 4) is 5.75 Å². The number of nitrogens with one attached hydrogen (secondary N) is 1. The lowest BCUT2D eigenvalue weighted by atomic mass is 9.95. The van der Waals surface area contributed by atoms with Gasteiger partial charge in [-0.05, 0) is 61.9 Å². The number of nitrogens with zero attached hydrogens (tertiary/aromatic N) is 3. The molecule has 1 aliphatic heterocycles. The summed E-state index contributed by atoms with van der Waals surface area (Å²) in [6, 6.07) is 14.8. The molecular weight excluding hydrogens is 472 g/mol. The second kappa shape index (κ2) is 10.5. The van der Waals surface area contributed by atoms with Gasteiger partial charge in [0.05, 0.1) is 11.7 Å². The summed E-state index contributed by atoms with van der Waals surface area (Å²) in [4.78, 5) is 17.7. The average molecular weight is 499 g/mol. The zero-order valence-electron chi connectivity index (χ0n) is 19.5. The number of benzene rings is 2. The maximum Gasteiger partial charge on any atom is 0.338 e. The molecule has 1 aliphatic rings. The van der Waals surface area contributed by atoms with E-state index < -0.39 is 6.04 Å². The van der Waals surface area contributed by atoms with Gasteiger partial charge >= 0.3 is 5.97 Å². The number of hydrogen-bond donors (Lipinski definition) is 1. The number of fused-ring (bicyclic) bond motifs is 1. The van der Waals surface area contributed by atoms with Crippen LogP contribution in [0.3, 0.4) is 0 Å². The van der Waals surface area contributed by atoms with E-state index >= 15 is 0 Å². The van der Waals surface area contributed by atoms with Crippen LogP contribution in [0.4, 0.5) is 5.95 Å². The molecule has 1 unspecified atom stereocenters. The van der Waals surface area contributed by atoms with Crippen LogP contribution in [-0.2, 0) is 16.1 Å². The molecule has 178 valence electrons. The summed E-state index contributed by atoms with van der Waals surface area (Å²) >= 11 is 7.61. The van der Waals surface area contributed by atoms with E-state index in [1.807, 2.05) is 76.2 Å². The number of carbonyl (C=O) groups is 1. The summed E-state index contributed by atoms with van der Waals surface area (Å²) in [6.45, 7) is 7.98. The smallest absolute Gasteiger partial charge is 0.338 e. The van der Waals surface area contributed by atoms with Crippen molar-refractivity contribution in [1.82, 2.24) is 14.8 Å². The Morgan fingerprint density at radius 3 is 2.68 bits per heavy atom. The Hall–Kier alpha value is -2.97. The van der Waals surface area contributed by atoms with Gasteiger partial charge in [-0.3, -0.25) is 0 Å². The minimum atomic E-state index is -0.469. The van der Waals surface area contributed by atoms with Crippen molar-refractivity contribution in [3.63, 3.8) is 0 Å². The van der Waals surface area contributed by atoms with Crippen molar-refractivity contribution in [1.29, 1.82) is 0 Å². The molecule has 1 N–H and O–H groups in total. The van der Waals surface area contributed by atoms with Crippen molar-refractivity contribution in [3.05, 3.63) is 76.0 Å². The highest BCUT2D eigenvalue weighted by molar-refractivity contribution is 7.99. The van der Waals surface area contributed by atoms with Gasteiger partial charge in [-0.25, -0.2) is 9.48 Å². The van der Waals surface area contributed by atoms with E-state index in [0.29, 0.717) is 39.8 Å². The number of ether oxygens (including phenoxy) is 2. The zero-order chi connectivity index (χ0) is 24.2. The first-order valence-corrected chi connectivity index (χ1v) is 12.5. The molecule has 0 radical (unpaired) electrons. The van der Waals surface area contributed by atoms with Gasteiger partial charge in [-0.15, -0.1) is 5.10 Å². The summed E-state index contributed by atoms with van der Waals surface area (Å²) in [5.41, 5.74) is 3.07. The number of thioether (sulfide) groups is 1. The Kier molecular flexibility index (Phi) is 7.48. The lowest BCUT2D eigenvalue weighted by Crippen LogP contribution is -2.30. The van der Waals surface area contributed by atoms with Crippen LogP contribution in [0.2, 0.25) is 5.02 Å². The number of esters is 1. The number of anilines is 1. The topological polar surface area (TPSA) is 78.3 Å². The summed E-state index contributed by atoms with van der Waals surface area (Å²) in [6.07, 6.45) is -0.237. The van der Waals surface area contributed by atoms with Crippen molar-refractivity contribution in [2.75, 3.05) is 11.1 Å². The van der Waals surface area contributed by atoms with E-state index in [9.17, 15) is 4.79 Å². The molecule has 1 atom stereocenters. The summed E-state index contributed by atoms with van der Waals surface area (Å²) in [7, 11) is 0. The molecule has 9 heteroatoms. The number of rotatable bonds is 8. The SMILES string of the molecule is CCSc1nc2n(n1)C(c1ccc(OCc3cccc(Cl)c3)cc1)C(C(=O)OC(C)C)=C(C)N2. The molecule has 4 rings (SSSR count). The number of allylic oxidation sites excluding steroid dienone is 1. The van der Waals surface area contributed by atoms with Gasteiger partial charge in [0.2, 0.25) is 11.1 Å². The van der Waals surface area contributed by atoms with Crippen LogP contribution < -0.4 is 10.1 Å². The number of aromatic nitrogens is 3. The summed E-state index contributed by atoms with van der Waals surface area (Å²) < 4.78 is 13.2. The lowest BCUT2D eigenvalue weighted by Gasteiger charge is -2.28. The van der Waals surface area contributed by atoms with Gasteiger partial charge in [-0.1, -0.05) is 54.6 Å². The third kappa shape index (κ3) is 5.39. The maximum absolute atomic E-state index is 13.1. The normalized spacial score (nSPS) is 15.2. The number of carbonyl (C=O) groups excluding carboxylic acids is 1. The average Bonchev–Trinajstić information content (AvgIpc) is 3.19. The lowest BCUT2D eigenvalue weighted by molar-refractivity contribution is -0.143. The Morgan fingerprint density at radius 2 is 2.00 bits per heavy atom. The van der Waals surface area contributed by atoms with E-state index in [4.69, 9.17) is 21.1 Å². The first-order valence-electron chi connectivity index (χ1n) is 11.1. The van der Waals surface area contributed by atoms with E-state index in [1.165, 1.54) is 0 Å². The third-order valence-electron chi connectivity index (χ3n) is 5.16. The quantitative estimate of drug-likeness (QED) is 0.307. The van der Waals surface area contributed by atoms with Crippen LogP contribution in [0.1, 0.15) is 44.9 Å². The Bertz CT molecular complexity index is 1210. The highest BCUT2D eigenvalue weighted by atomic mass is 35.5. The monoisotopic (exact) mass is 498 g/mol. The number of hydrogen-bond acceptors (Lipinski definition) is 7. The second-order valence-corrected chi connectivity index (χ2v) is 9.77. The molecule has 34 heavy (non-hydrogen) atoms. The van der Waals surface area contributed by atoms with Gasteiger partial charge in [0, 0.05) is 10.7 Å². The summed E-state index contributed by atoms with van der Waals surface area (Å²) in [5.74, 6) is 1.78. The molecule has 0 saturated carbocycles. The molecule has 0 aliphatic carbocycles. The van der Waals surface area contributed by atoms with Crippen LogP contribution in [-0.4, -0.2) is 32.6 Å². The third-order valence-corrected chi connectivity index (χ3v) is 6.11. The molecule has 2 heterocycles. The zero-order valence-corrected chi connectivity index (χ0v) is 21.1. The second-order valence-electron chi connectivity index (χ2n) is 8.10. The molecule has 0 saturated heterocycles. The van der Waals surface area contributed by atoms with Crippen molar-refractivity contribution in [2.45, 2.75) is 51.6 Å². The first-order chi connectivity index (χ1) is 16.4. The molecular formula is C25H27ClN4O3S. The number of halogens is 1. The Labute approximate surface area is 208 Å². The maximum atomic E-state index is 13.1. The van der Waals surface area contributed by atoms with Crippen LogP contribution in [0.5, 0.6) is 5.75 Å². The fourth-order valence-corrected chi connectivity index (χ4v) is 4.48. The van der Waals surface area contributed by atoms with Gasteiger partial charge < -0.3 is 14.8 Å². The Morgan fingerprint density at radius 1 is 1.24 bits per heavy atom. The highest BCUT2D eigenvalue weighted by Crippen LogP contribution is 2.37. The van der Waals surface area contributed by atoms with E-state index in [1.54, 1.807) is 16.4 Å². The molecule has 0 bridgehead atoms. The van der Waals surface area contributed by atoms with Gasteiger partial charge in [0.1, 0.15) is 18.4 Å². The first kappa shape index (κ1) is 24.2. The van der Waals surface area contributed by atoms with Crippen molar-refractivity contribution >= 4 is 35.3 Å². The van der Waals surface area contributed by atoms with Gasteiger partial charge in [-0.2, -0.15) is 4.98 Å². The predicted octanol–water partition coefficient (Wildman–Crippen LogP) is 5.86. The molecule has 2 aromatic carbocycles.